The lowest BCUT2D eigenvalue weighted by Gasteiger charge is -2.17. The number of ether oxygens (including phenoxy) is 2. The van der Waals surface area contributed by atoms with Gasteiger partial charge in [0.15, 0.2) is 11.5 Å². The van der Waals surface area contributed by atoms with Crippen molar-refractivity contribution in [3.8, 4) is 22.6 Å². The Bertz CT molecular complexity index is 618. The lowest BCUT2D eigenvalue weighted by atomic mass is 10.0. The smallest absolute Gasteiger partial charge is 0.162 e. The van der Waals surface area contributed by atoms with Gasteiger partial charge in [-0.2, -0.15) is 0 Å². The van der Waals surface area contributed by atoms with Crippen LogP contribution in [-0.4, -0.2) is 13.2 Å². The van der Waals surface area contributed by atoms with Gasteiger partial charge in [-0.05, 0) is 55.5 Å². The Hall–Kier alpha value is -2.03. The summed E-state index contributed by atoms with van der Waals surface area (Å²) < 4.78 is 25.3. The SMILES string of the molecule is COc1ccc(-c2[c]cccc2F)cc1OC1CCCC1. The number of hydrogen-bond donors (Lipinski definition) is 0. The Kier molecular flexibility index (Phi) is 4.09. The van der Waals surface area contributed by atoms with Gasteiger partial charge in [0, 0.05) is 5.56 Å². The van der Waals surface area contributed by atoms with Crippen molar-refractivity contribution in [2.45, 2.75) is 31.8 Å². The molecule has 3 rings (SSSR count). The second-order valence-corrected chi connectivity index (χ2v) is 5.28. The van der Waals surface area contributed by atoms with Gasteiger partial charge in [-0.3, -0.25) is 0 Å². The normalized spacial score (nSPS) is 15.1. The van der Waals surface area contributed by atoms with Gasteiger partial charge in [-0.25, -0.2) is 4.39 Å². The van der Waals surface area contributed by atoms with Crippen LogP contribution in [0.4, 0.5) is 4.39 Å². The van der Waals surface area contributed by atoms with Gasteiger partial charge >= 0.3 is 0 Å². The molecule has 1 saturated carbocycles. The van der Waals surface area contributed by atoms with Crippen LogP contribution >= 0.6 is 0 Å². The lowest BCUT2D eigenvalue weighted by Crippen LogP contribution is -2.11. The van der Waals surface area contributed by atoms with Crippen LogP contribution in [0.15, 0.2) is 36.4 Å². The summed E-state index contributed by atoms with van der Waals surface area (Å²) in [5.74, 6) is 1.08. The minimum Gasteiger partial charge on any atom is -0.493 e. The van der Waals surface area contributed by atoms with Crippen LogP contribution in [-0.2, 0) is 0 Å². The Morgan fingerprint density at radius 3 is 2.67 bits per heavy atom. The van der Waals surface area contributed by atoms with Crippen LogP contribution in [0.5, 0.6) is 11.5 Å². The monoisotopic (exact) mass is 285 g/mol. The summed E-state index contributed by atoms with van der Waals surface area (Å²) >= 11 is 0. The van der Waals surface area contributed by atoms with Crippen molar-refractivity contribution in [2.24, 2.45) is 0 Å². The maximum absolute atomic E-state index is 13.9. The number of methoxy groups -OCH3 is 1. The molecule has 0 heterocycles. The molecule has 1 radical (unpaired) electrons. The minimum absolute atomic E-state index is 0.235. The maximum Gasteiger partial charge on any atom is 0.162 e. The van der Waals surface area contributed by atoms with Crippen molar-refractivity contribution >= 4 is 0 Å². The van der Waals surface area contributed by atoms with E-state index >= 15 is 0 Å². The van der Waals surface area contributed by atoms with E-state index in [1.54, 1.807) is 19.2 Å². The van der Waals surface area contributed by atoms with Gasteiger partial charge in [0.05, 0.1) is 13.2 Å². The third-order valence-corrected chi connectivity index (χ3v) is 3.85. The third kappa shape index (κ3) is 3.02. The fourth-order valence-electron chi connectivity index (χ4n) is 2.75. The predicted octanol–water partition coefficient (Wildman–Crippen LogP) is 4.62. The highest BCUT2D eigenvalue weighted by Crippen LogP contribution is 2.35. The molecular formula is C18H18FO2. The molecule has 0 aromatic heterocycles. The van der Waals surface area contributed by atoms with Crippen molar-refractivity contribution < 1.29 is 13.9 Å². The van der Waals surface area contributed by atoms with Gasteiger partial charge in [0.1, 0.15) is 5.82 Å². The Labute approximate surface area is 124 Å². The number of benzene rings is 2. The first-order valence-electron chi connectivity index (χ1n) is 7.29. The molecule has 2 aromatic rings. The van der Waals surface area contributed by atoms with Gasteiger partial charge < -0.3 is 9.47 Å². The molecule has 0 saturated heterocycles. The van der Waals surface area contributed by atoms with E-state index in [4.69, 9.17) is 9.47 Å². The van der Waals surface area contributed by atoms with Crippen LogP contribution in [0.2, 0.25) is 0 Å². The Balaban J connectivity index is 1.94. The van der Waals surface area contributed by atoms with Gasteiger partial charge in [0.2, 0.25) is 0 Å². The van der Waals surface area contributed by atoms with E-state index in [-0.39, 0.29) is 11.9 Å². The molecule has 0 spiro atoms. The molecule has 0 atom stereocenters. The molecule has 0 bridgehead atoms. The molecule has 0 aliphatic heterocycles. The Morgan fingerprint density at radius 2 is 1.95 bits per heavy atom. The van der Waals surface area contributed by atoms with Crippen LogP contribution in [0.1, 0.15) is 25.7 Å². The Morgan fingerprint density at radius 1 is 1.14 bits per heavy atom. The van der Waals surface area contributed by atoms with Crippen molar-refractivity contribution in [3.05, 3.63) is 48.3 Å². The maximum atomic E-state index is 13.9. The number of rotatable bonds is 4. The van der Waals surface area contributed by atoms with E-state index in [1.807, 2.05) is 18.2 Å². The third-order valence-electron chi connectivity index (χ3n) is 3.85. The molecular weight excluding hydrogens is 267 g/mol. The summed E-state index contributed by atoms with van der Waals surface area (Å²) in [6, 6.07) is 13.2. The molecule has 1 aliphatic rings. The number of halogens is 1. The van der Waals surface area contributed by atoms with Crippen LogP contribution < -0.4 is 9.47 Å². The molecule has 2 aromatic carbocycles. The van der Waals surface area contributed by atoms with Crippen LogP contribution in [0.25, 0.3) is 11.1 Å². The van der Waals surface area contributed by atoms with E-state index in [2.05, 4.69) is 6.07 Å². The van der Waals surface area contributed by atoms with E-state index in [9.17, 15) is 4.39 Å². The van der Waals surface area contributed by atoms with E-state index < -0.39 is 0 Å². The molecule has 0 N–H and O–H groups in total. The summed E-state index contributed by atoms with van der Waals surface area (Å²) in [6.07, 6.45) is 4.78. The first-order valence-corrected chi connectivity index (χ1v) is 7.29. The van der Waals surface area contributed by atoms with Gasteiger partial charge in [0.25, 0.3) is 0 Å². The molecule has 109 valence electrons. The molecule has 0 unspecified atom stereocenters. The van der Waals surface area contributed by atoms with Gasteiger partial charge in [-0.1, -0.05) is 18.2 Å². The summed E-state index contributed by atoms with van der Waals surface area (Å²) in [4.78, 5) is 0. The van der Waals surface area contributed by atoms with Crippen LogP contribution in [0.3, 0.4) is 0 Å². The lowest BCUT2D eigenvalue weighted by molar-refractivity contribution is 0.201. The topological polar surface area (TPSA) is 18.5 Å². The summed E-state index contributed by atoms with van der Waals surface area (Å²) in [5, 5.41) is 0. The van der Waals surface area contributed by atoms with Crippen molar-refractivity contribution in [2.75, 3.05) is 7.11 Å². The predicted molar refractivity (Wildman–Crippen MR) is 80.1 cm³/mol. The fraction of sp³-hybridized carbons (Fsp3) is 0.333. The average Bonchev–Trinajstić information content (AvgIpc) is 3.01. The molecule has 1 fully saturated rings. The van der Waals surface area contributed by atoms with Gasteiger partial charge in [-0.15, -0.1) is 0 Å². The first kappa shape index (κ1) is 13.9. The van der Waals surface area contributed by atoms with E-state index in [0.717, 1.165) is 18.4 Å². The number of hydrogen-bond acceptors (Lipinski definition) is 2. The quantitative estimate of drug-likeness (QED) is 0.816. The average molecular weight is 285 g/mol. The molecule has 21 heavy (non-hydrogen) atoms. The fourth-order valence-corrected chi connectivity index (χ4v) is 2.75. The van der Waals surface area contributed by atoms with Crippen LogP contribution in [0, 0.1) is 11.9 Å². The van der Waals surface area contributed by atoms with E-state index in [0.29, 0.717) is 17.1 Å². The summed E-state index contributed by atoms with van der Waals surface area (Å²) in [5.41, 5.74) is 1.21. The van der Waals surface area contributed by atoms with Crippen molar-refractivity contribution in [1.82, 2.24) is 0 Å². The highest BCUT2D eigenvalue weighted by atomic mass is 19.1. The molecule has 0 amide bonds. The zero-order valence-corrected chi connectivity index (χ0v) is 12.1. The zero-order chi connectivity index (χ0) is 14.7. The molecule has 2 nitrogen and oxygen atoms in total. The summed E-state index contributed by atoms with van der Waals surface area (Å²) in [6.45, 7) is 0. The van der Waals surface area contributed by atoms with Crippen molar-refractivity contribution in [3.63, 3.8) is 0 Å². The molecule has 1 aliphatic carbocycles. The standard InChI is InChI=1S/C18H18FO2/c1-20-17-11-10-13(15-8-4-5-9-16(15)19)12-18(17)21-14-6-2-3-7-14/h4-5,9-12,14H,2-3,6-7H2,1H3. The largest absolute Gasteiger partial charge is 0.493 e. The summed E-state index contributed by atoms with van der Waals surface area (Å²) in [7, 11) is 1.62. The highest BCUT2D eigenvalue weighted by Gasteiger charge is 2.19. The van der Waals surface area contributed by atoms with E-state index in [1.165, 1.54) is 18.9 Å². The zero-order valence-electron chi connectivity index (χ0n) is 12.1. The second kappa shape index (κ2) is 6.17. The minimum atomic E-state index is -0.283. The highest BCUT2D eigenvalue weighted by molar-refractivity contribution is 5.67. The second-order valence-electron chi connectivity index (χ2n) is 5.28. The first-order chi connectivity index (χ1) is 10.3. The van der Waals surface area contributed by atoms with Crippen molar-refractivity contribution in [1.29, 1.82) is 0 Å². The molecule has 3 heteroatoms.